The lowest BCUT2D eigenvalue weighted by Gasteiger charge is -2.29. The Labute approximate surface area is 113 Å². The van der Waals surface area contributed by atoms with E-state index in [0.717, 1.165) is 12.1 Å². The molecule has 1 unspecified atom stereocenters. The Balaban J connectivity index is 2.13. The summed E-state index contributed by atoms with van der Waals surface area (Å²) < 4.78 is 0. The fraction of sp³-hybridized carbons (Fsp3) is 0.400. The standard InChI is InChI=1S/C15H19ClN2/c1-11(16)15(2,3)18-10-12-6-7-14-13(9-12)5-4-8-17-14/h4-9,11,18H,10H2,1-3H3. The number of alkyl halides is 1. The number of hydrogen-bond donors (Lipinski definition) is 1. The van der Waals surface area contributed by atoms with Crippen molar-refractivity contribution in [1.29, 1.82) is 0 Å². The quantitative estimate of drug-likeness (QED) is 0.850. The fourth-order valence-electron chi connectivity index (χ4n) is 1.71. The maximum Gasteiger partial charge on any atom is 0.0702 e. The Morgan fingerprint density at radius 3 is 2.83 bits per heavy atom. The van der Waals surface area contributed by atoms with Crippen molar-refractivity contribution in [2.24, 2.45) is 0 Å². The maximum atomic E-state index is 6.16. The van der Waals surface area contributed by atoms with Crippen LogP contribution in [-0.4, -0.2) is 15.9 Å². The first kappa shape index (κ1) is 13.3. The fourth-order valence-corrected chi connectivity index (χ4v) is 1.78. The summed E-state index contributed by atoms with van der Waals surface area (Å²) in [6.45, 7) is 7.06. The second kappa shape index (κ2) is 5.25. The van der Waals surface area contributed by atoms with E-state index >= 15 is 0 Å². The maximum absolute atomic E-state index is 6.16. The summed E-state index contributed by atoms with van der Waals surface area (Å²) in [4.78, 5) is 4.32. The number of benzene rings is 1. The zero-order valence-corrected chi connectivity index (χ0v) is 11.8. The van der Waals surface area contributed by atoms with Crippen molar-refractivity contribution in [3.8, 4) is 0 Å². The normalized spacial score (nSPS) is 13.8. The number of pyridine rings is 1. The Bertz CT molecular complexity index is 535. The molecule has 0 saturated carbocycles. The summed E-state index contributed by atoms with van der Waals surface area (Å²) in [5.41, 5.74) is 2.21. The lowest BCUT2D eigenvalue weighted by molar-refractivity contribution is 0.380. The molecule has 0 radical (unpaired) electrons. The van der Waals surface area contributed by atoms with E-state index in [4.69, 9.17) is 11.6 Å². The van der Waals surface area contributed by atoms with E-state index in [9.17, 15) is 0 Å². The average molecular weight is 263 g/mol. The van der Waals surface area contributed by atoms with Crippen LogP contribution in [0, 0.1) is 0 Å². The predicted molar refractivity (Wildman–Crippen MR) is 78.0 cm³/mol. The lowest BCUT2D eigenvalue weighted by Crippen LogP contribution is -2.45. The Kier molecular flexibility index (Phi) is 3.88. The number of aromatic nitrogens is 1. The van der Waals surface area contributed by atoms with Crippen LogP contribution in [0.4, 0.5) is 0 Å². The number of halogens is 1. The summed E-state index contributed by atoms with van der Waals surface area (Å²) in [7, 11) is 0. The highest BCUT2D eigenvalue weighted by molar-refractivity contribution is 6.21. The van der Waals surface area contributed by atoms with Gasteiger partial charge >= 0.3 is 0 Å². The molecule has 0 fully saturated rings. The van der Waals surface area contributed by atoms with Gasteiger partial charge in [0.15, 0.2) is 0 Å². The van der Waals surface area contributed by atoms with E-state index in [-0.39, 0.29) is 10.9 Å². The van der Waals surface area contributed by atoms with Gasteiger partial charge in [-0.15, -0.1) is 11.6 Å². The molecule has 1 aromatic heterocycles. The summed E-state index contributed by atoms with van der Waals surface area (Å²) in [5.74, 6) is 0. The van der Waals surface area contributed by atoms with Gasteiger partial charge in [-0.25, -0.2) is 0 Å². The third-order valence-electron chi connectivity index (χ3n) is 3.41. The minimum absolute atomic E-state index is 0.0779. The zero-order valence-electron chi connectivity index (χ0n) is 11.1. The van der Waals surface area contributed by atoms with Crippen LogP contribution < -0.4 is 5.32 Å². The predicted octanol–water partition coefficient (Wildman–Crippen LogP) is 3.73. The third-order valence-corrected chi connectivity index (χ3v) is 3.96. The number of nitrogens with one attached hydrogen (secondary N) is 1. The average Bonchev–Trinajstić information content (AvgIpc) is 2.36. The van der Waals surface area contributed by atoms with Crippen LogP contribution in [-0.2, 0) is 6.54 Å². The van der Waals surface area contributed by atoms with Crippen molar-refractivity contribution in [1.82, 2.24) is 10.3 Å². The van der Waals surface area contributed by atoms with Gasteiger partial charge in [0.1, 0.15) is 0 Å². The molecule has 0 bridgehead atoms. The van der Waals surface area contributed by atoms with Crippen LogP contribution in [0.3, 0.4) is 0 Å². The van der Waals surface area contributed by atoms with Gasteiger partial charge in [0.05, 0.1) is 5.52 Å². The first-order valence-corrected chi connectivity index (χ1v) is 6.65. The van der Waals surface area contributed by atoms with E-state index < -0.39 is 0 Å². The van der Waals surface area contributed by atoms with Gasteiger partial charge in [0.2, 0.25) is 0 Å². The van der Waals surface area contributed by atoms with Crippen LogP contribution in [0.2, 0.25) is 0 Å². The lowest BCUT2D eigenvalue weighted by atomic mass is 10.0. The van der Waals surface area contributed by atoms with E-state index in [2.05, 4.69) is 48.4 Å². The van der Waals surface area contributed by atoms with Gasteiger partial charge in [-0.1, -0.05) is 12.1 Å². The van der Waals surface area contributed by atoms with Gasteiger partial charge in [-0.05, 0) is 44.5 Å². The van der Waals surface area contributed by atoms with E-state index in [1.54, 1.807) is 0 Å². The molecule has 96 valence electrons. The molecule has 2 aromatic rings. The summed E-state index contributed by atoms with van der Waals surface area (Å²) in [5, 5.41) is 4.74. The molecule has 2 nitrogen and oxygen atoms in total. The van der Waals surface area contributed by atoms with Crippen LogP contribution in [0.5, 0.6) is 0 Å². The molecule has 18 heavy (non-hydrogen) atoms. The SMILES string of the molecule is CC(Cl)C(C)(C)NCc1ccc2ncccc2c1. The molecule has 1 N–H and O–H groups in total. The molecule has 1 aromatic carbocycles. The minimum atomic E-state index is -0.0779. The topological polar surface area (TPSA) is 24.9 Å². The number of nitrogens with zero attached hydrogens (tertiary/aromatic N) is 1. The highest BCUT2D eigenvalue weighted by Gasteiger charge is 2.22. The van der Waals surface area contributed by atoms with E-state index in [1.165, 1.54) is 10.9 Å². The van der Waals surface area contributed by atoms with Crippen molar-refractivity contribution in [2.75, 3.05) is 0 Å². The van der Waals surface area contributed by atoms with Gasteiger partial charge in [0, 0.05) is 29.0 Å². The minimum Gasteiger partial charge on any atom is -0.306 e. The summed E-state index contributed by atoms with van der Waals surface area (Å²) >= 11 is 6.16. The molecule has 1 atom stereocenters. The molecule has 0 aliphatic heterocycles. The molecular weight excluding hydrogens is 244 g/mol. The number of fused-ring (bicyclic) bond motifs is 1. The molecule has 0 saturated heterocycles. The van der Waals surface area contributed by atoms with Crippen molar-refractivity contribution in [3.63, 3.8) is 0 Å². The van der Waals surface area contributed by atoms with Crippen molar-refractivity contribution in [3.05, 3.63) is 42.1 Å². The highest BCUT2D eigenvalue weighted by Crippen LogP contribution is 2.17. The molecule has 3 heteroatoms. The highest BCUT2D eigenvalue weighted by atomic mass is 35.5. The molecule has 0 spiro atoms. The Hall–Kier alpha value is -1.12. The van der Waals surface area contributed by atoms with Gasteiger partial charge in [-0.3, -0.25) is 4.98 Å². The summed E-state index contributed by atoms with van der Waals surface area (Å²) in [6, 6.07) is 10.4. The largest absolute Gasteiger partial charge is 0.306 e. The second-order valence-corrected chi connectivity index (χ2v) is 5.88. The van der Waals surface area contributed by atoms with E-state index in [0.29, 0.717) is 0 Å². The van der Waals surface area contributed by atoms with Gasteiger partial charge in [-0.2, -0.15) is 0 Å². The first-order valence-electron chi connectivity index (χ1n) is 6.22. The number of hydrogen-bond acceptors (Lipinski definition) is 2. The molecule has 0 aliphatic rings. The van der Waals surface area contributed by atoms with Crippen molar-refractivity contribution in [2.45, 2.75) is 38.2 Å². The summed E-state index contributed by atoms with van der Waals surface area (Å²) in [6.07, 6.45) is 1.82. The Morgan fingerprint density at radius 1 is 1.33 bits per heavy atom. The molecule has 0 amide bonds. The molecular formula is C15H19ClN2. The van der Waals surface area contributed by atoms with Crippen LogP contribution in [0.25, 0.3) is 10.9 Å². The number of rotatable bonds is 4. The smallest absolute Gasteiger partial charge is 0.0702 e. The Morgan fingerprint density at radius 2 is 2.11 bits per heavy atom. The van der Waals surface area contributed by atoms with Gasteiger partial charge in [0.25, 0.3) is 0 Å². The van der Waals surface area contributed by atoms with Crippen molar-refractivity contribution >= 4 is 22.5 Å². The molecule has 2 rings (SSSR count). The molecule has 1 heterocycles. The third kappa shape index (κ3) is 3.01. The van der Waals surface area contributed by atoms with Crippen LogP contribution >= 0.6 is 11.6 Å². The molecule has 0 aliphatic carbocycles. The van der Waals surface area contributed by atoms with Crippen LogP contribution in [0.1, 0.15) is 26.3 Å². The first-order chi connectivity index (χ1) is 8.49. The van der Waals surface area contributed by atoms with E-state index in [1.807, 2.05) is 19.2 Å². The van der Waals surface area contributed by atoms with Crippen LogP contribution in [0.15, 0.2) is 36.5 Å². The second-order valence-electron chi connectivity index (χ2n) is 5.22. The van der Waals surface area contributed by atoms with Crippen molar-refractivity contribution < 1.29 is 0 Å². The zero-order chi connectivity index (χ0) is 13.2. The van der Waals surface area contributed by atoms with Gasteiger partial charge < -0.3 is 5.32 Å². The monoisotopic (exact) mass is 262 g/mol.